The lowest BCUT2D eigenvalue weighted by Crippen LogP contribution is -2.25. The van der Waals surface area contributed by atoms with E-state index in [9.17, 15) is 0 Å². The van der Waals surface area contributed by atoms with E-state index in [1.807, 2.05) is 6.92 Å². The van der Waals surface area contributed by atoms with Crippen LogP contribution in [0.25, 0.3) is 0 Å². The molecule has 1 N–H and O–H groups in total. The molecule has 0 aliphatic carbocycles. The first-order valence-electron chi connectivity index (χ1n) is 8.25. The van der Waals surface area contributed by atoms with Gasteiger partial charge in [-0.3, -0.25) is 0 Å². The van der Waals surface area contributed by atoms with Crippen molar-refractivity contribution in [1.29, 1.82) is 0 Å². The lowest BCUT2D eigenvalue weighted by Gasteiger charge is -2.22. The summed E-state index contributed by atoms with van der Waals surface area (Å²) >= 11 is 3.61. The van der Waals surface area contributed by atoms with Gasteiger partial charge in [0.1, 0.15) is 17.5 Å². The van der Waals surface area contributed by atoms with E-state index in [-0.39, 0.29) is 0 Å². The van der Waals surface area contributed by atoms with E-state index in [4.69, 9.17) is 0 Å². The van der Waals surface area contributed by atoms with Crippen LogP contribution in [-0.2, 0) is 0 Å². The van der Waals surface area contributed by atoms with Gasteiger partial charge in [0.25, 0.3) is 0 Å². The van der Waals surface area contributed by atoms with Crippen LogP contribution in [0.3, 0.4) is 0 Å². The zero-order chi connectivity index (χ0) is 16.2. The van der Waals surface area contributed by atoms with Crippen molar-refractivity contribution in [3.05, 3.63) is 40.1 Å². The highest BCUT2D eigenvalue weighted by Crippen LogP contribution is 2.28. The molecule has 1 aliphatic rings. The molecule has 0 saturated carbocycles. The first kappa shape index (κ1) is 16.2. The highest BCUT2D eigenvalue weighted by atomic mass is 79.9. The van der Waals surface area contributed by atoms with E-state index in [2.05, 4.69) is 67.3 Å². The minimum Gasteiger partial charge on any atom is -0.356 e. The zero-order valence-electron chi connectivity index (χ0n) is 13.8. The number of halogens is 1. The van der Waals surface area contributed by atoms with Crippen LogP contribution in [-0.4, -0.2) is 23.1 Å². The minimum absolute atomic E-state index is 0.803. The summed E-state index contributed by atoms with van der Waals surface area (Å²) in [6.45, 7) is 6.21. The Morgan fingerprint density at radius 1 is 1.00 bits per heavy atom. The van der Waals surface area contributed by atoms with Gasteiger partial charge >= 0.3 is 0 Å². The van der Waals surface area contributed by atoms with Gasteiger partial charge in [-0.2, -0.15) is 0 Å². The maximum Gasteiger partial charge on any atom is 0.136 e. The van der Waals surface area contributed by atoms with Crippen molar-refractivity contribution < 1.29 is 0 Å². The maximum absolute atomic E-state index is 4.64. The molecule has 1 aromatic heterocycles. The van der Waals surface area contributed by atoms with Crippen molar-refractivity contribution >= 4 is 33.3 Å². The van der Waals surface area contributed by atoms with Crippen molar-refractivity contribution in [2.24, 2.45) is 0 Å². The molecule has 0 unspecified atom stereocenters. The molecule has 1 saturated heterocycles. The van der Waals surface area contributed by atoms with E-state index < -0.39 is 0 Å². The molecular weight excluding hydrogens is 352 g/mol. The molecule has 4 nitrogen and oxygen atoms in total. The summed E-state index contributed by atoms with van der Waals surface area (Å²) in [6.07, 6.45) is 5.13. The Morgan fingerprint density at radius 3 is 2.43 bits per heavy atom. The van der Waals surface area contributed by atoms with E-state index >= 15 is 0 Å². The van der Waals surface area contributed by atoms with Gasteiger partial charge in [0.15, 0.2) is 0 Å². The van der Waals surface area contributed by atoms with Crippen molar-refractivity contribution in [3.8, 4) is 0 Å². The summed E-state index contributed by atoms with van der Waals surface area (Å²) in [5.41, 5.74) is 2.25. The number of benzene rings is 1. The smallest absolute Gasteiger partial charge is 0.136 e. The lowest BCUT2D eigenvalue weighted by atomic mass is 10.2. The van der Waals surface area contributed by atoms with Gasteiger partial charge < -0.3 is 10.2 Å². The Labute approximate surface area is 146 Å². The molecule has 1 fully saturated rings. The summed E-state index contributed by atoms with van der Waals surface area (Å²) in [5, 5.41) is 3.41. The lowest BCUT2D eigenvalue weighted by molar-refractivity contribution is 0.726. The molecular formula is C18H23BrN4. The monoisotopic (exact) mass is 374 g/mol. The second-order valence-corrected chi connectivity index (χ2v) is 7.02. The van der Waals surface area contributed by atoms with Crippen LogP contribution in [0.4, 0.5) is 17.3 Å². The third-order valence-electron chi connectivity index (χ3n) is 4.14. The van der Waals surface area contributed by atoms with Crippen molar-refractivity contribution in [3.63, 3.8) is 0 Å². The predicted molar refractivity (Wildman–Crippen MR) is 99.6 cm³/mol. The van der Waals surface area contributed by atoms with Crippen LogP contribution in [0.1, 0.15) is 37.1 Å². The van der Waals surface area contributed by atoms with Gasteiger partial charge in [-0.05, 0) is 60.3 Å². The molecule has 0 amide bonds. The molecule has 0 bridgehead atoms. The Hall–Kier alpha value is -1.62. The fraction of sp³-hybridized carbons (Fsp3) is 0.444. The van der Waals surface area contributed by atoms with Gasteiger partial charge in [0.2, 0.25) is 0 Å². The second-order valence-electron chi connectivity index (χ2n) is 6.17. The average Bonchev–Trinajstić information content (AvgIpc) is 2.79. The van der Waals surface area contributed by atoms with Gasteiger partial charge in [0.05, 0.1) is 5.69 Å². The summed E-state index contributed by atoms with van der Waals surface area (Å²) in [6, 6.07) is 8.33. The standard InChI is InChI=1S/C18H23BrN4/c1-13-7-8-16(15(19)11-13)22-17-12-18(21-14(2)20-17)23-9-5-3-4-6-10-23/h7-8,11-12H,3-6,9-10H2,1-2H3,(H,20,21,22). The normalized spacial score (nSPS) is 15.3. The molecule has 1 aromatic carbocycles. The molecule has 1 aliphatic heterocycles. The number of nitrogens with zero attached hydrogens (tertiary/aromatic N) is 3. The molecule has 3 rings (SSSR count). The third kappa shape index (κ3) is 4.22. The molecule has 0 atom stereocenters. The average molecular weight is 375 g/mol. The van der Waals surface area contributed by atoms with Crippen molar-refractivity contribution in [1.82, 2.24) is 9.97 Å². The number of aryl methyl sites for hydroxylation is 2. The van der Waals surface area contributed by atoms with Gasteiger partial charge in [0, 0.05) is 23.6 Å². The number of hydrogen-bond donors (Lipinski definition) is 1. The number of anilines is 3. The zero-order valence-corrected chi connectivity index (χ0v) is 15.4. The van der Waals surface area contributed by atoms with Crippen molar-refractivity contribution in [2.75, 3.05) is 23.3 Å². The number of hydrogen-bond acceptors (Lipinski definition) is 4. The number of aromatic nitrogens is 2. The van der Waals surface area contributed by atoms with Crippen molar-refractivity contribution in [2.45, 2.75) is 39.5 Å². The molecule has 2 aromatic rings. The first-order chi connectivity index (χ1) is 11.1. The number of nitrogens with one attached hydrogen (secondary N) is 1. The fourth-order valence-corrected chi connectivity index (χ4v) is 3.53. The Balaban J connectivity index is 1.84. The summed E-state index contributed by atoms with van der Waals surface area (Å²) in [4.78, 5) is 11.6. The van der Waals surface area contributed by atoms with Gasteiger partial charge in [-0.25, -0.2) is 9.97 Å². The van der Waals surface area contributed by atoms with Crippen LogP contribution in [0.2, 0.25) is 0 Å². The van der Waals surface area contributed by atoms with Crippen LogP contribution in [0.5, 0.6) is 0 Å². The molecule has 2 heterocycles. The number of rotatable bonds is 3. The van der Waals surface area contributed by atoms with E-state index in [1.165, 1.54) is 31.2 Å². The summed E-state index contributed by atoms with van der Waals surface area (Å²) in [5.74, 6) is 2.68. The Bertz CT molecular complexity index is 679. The van der Waals surface area contributed by atoms with E-state index in [0.717, 1.165) is 40.7 Å². The quantitative estimate of drug-likeness (QED) is 0.822. The largest absolute Gasteiger partial charge is 0.356 e. The van der Waals surface area contributed by atoms with Crippen LogP contribution in [0, 0.1) is 13.8 Å². The van der Waals surface area contributed by atoms with Crippen LogP contribution in [0.15, 0.2) is 28.7 Å². The highest BCUT2D eigenvalue weighted by molar-refractivity contribution is 9.10. The summed E-state index contributed by atoms with van der Waals surface area (Å²) < 4.78 is 1.05. The molecule has 0 radical (unpaired) electrons. The third-order valence-corrected chi connectivity index (χ3v) is 4.80. The Kier molecular flexibility index (Phi) is 5.16. The summed E-state index contributed by atoms with van der Waals surface area (Å²) in [7, 11) is 0. The predicted octanol–water partition coefficient (Wildman–Crippen LogP) is 4.98. The minimum atomic E-state index is 0.803. The first-order valence-corrected chi connectivity index (χ1v) is 9.05. The van der Waals surface area contributed by atoms with Crippen LogP contribution < -0.4 is 10.2 Å². The second kappa shape index (κ2) is 7.30. The highest BCUT2D eigenvalue weighted by Gasteiger charge is 2.13. The fourth-order valence-electron chi connectivity index (χ4n) is 2.94. The van der Waals surface area contributed by atoms with Gasteiger partial charge in [-0.15, -0.1) is 0 Å². The molecule has 0 spiro atoms. The Morgan fingerprint density at radius 2 is 1.74 bits per heavy atom. The SMILES string of the molecule is Cc1ccc(Nc2cc(N3CCCCCC3)nc(C)n2)c(Br)c1. The molecule has 5 heteroatoms. The van der Waals surface area contributed by atoms with E-state index in [1.54, 1.807) is 0 Å². The topological polar surface area (TPSA) is 41.0 Å². The van der Waals surface area contributed by atoms with E-state index in [0.29, 0.717) is 0 Å². The molecule has 23 heavy (non-hydrogen) atoms. The van der Waals surface area contributed by atoms with Gasteiger partial charge in [-0.1, -0.05) is 18.9 Å². The molecule has 122 valence electrons. The maximum atomic E-state index is 4.64. The van der Waals surface area contributed by atoms with Crippen LogP contribution >= 0.6 is 15.9 Å².